The Morgan fingerprint density at radius 3 is 2.40 bits per heavy atom. The van der Waals surface area contributed by atoms with Gasteiger partial charge in [-0.2, -0.15) is 0 Å². The molecule has 35 heavy (non-hydrogen) atoms. The van der Waals surface area contributed by atoms with Crippen LogP contribution in [0.15, 0.2) is 52.6 Å². The van der Waals surface area contributed by atoms with Crippen LogP contribution in [0.25, 0.3) is 0 Å². The molecule has 0 radical (unpaired) electrons. The number of hydrogen-bond donors (Lipinski definition) is 1. The summed E-state index contributed by atoms with van der Waals surface area (Å²) in [5.74, 6) is -2.67. The van der Waals surface area contributed by atoms with Gasteiger partial charge < -0.3 is 9.84 Å². The summed E-state index contributed by atoms with van der Waals surface area (Å²) in [6, 6.07) is 4.89. The number of imide groups is 1. The summed E-state index contributed by atoms with van der Waals surface area (Å²) in [5, 5.41) is 10.9. The first kappa shape index (κ1) is 23.3. The minimum Gasteiger partial charge on any atom is -0.507 e. The van der Waals surface area contributed by atoms with Crippen LogP contribution in [0, 0.1) is 17.8 Å². The Morgan fingerprint density at radius 2 is 1.77 bits per heavy atom. The van der Waals surface area contributed by atoms with Gasteiger partial charge in [-0.15, -0.1) is 0 Å². The molecular formula is C28H29NO6. The number of amides is 2. The number of phenolic OH excluding ortho intramolecular Hbond substituents is 1. The predicted octanol–water partition coefficient (Wildman–Crippen LogP) is 3.63. The highest BCUT2D eigenvalue weighted by Gasteiger charge is 2.58. The van der Waals surface area contributed by atoms with Gasteiger partial charge in [0, 0.05) is 39.8 Å². The Kier molecular flexibility index (Phi) is 5.16. The van der Waals surface area contributed by atoms with Gasteiger partial charge in [0.2, 0.25) is 11.8 Å². The standard InChI is InChI=1S/C28H29NO6/c1-13-10-20(30)19-12-18-15(8-9-17-23(18)27(34)29(26(17)33)28(2,3)4)22(24(19)25(13)32)16-7-6-14(35-5)11-21(16)31/h6-8,10-11,17-18,22-23,31H,9,12H2,1-5H3/t17-,18+,22+,23-/m0/s1. The summed E-state index contributed by atoms with van der Waals surface area (Å²) in [6.45, 7) is 7.13. The van der Waals surface area contributed by atoms with Crippen molar-refractivity contribution in [1.29, 1.82) is 0 Å². The molecule has 4 atom stereocenters. The lowest BCUT2D eigenvalue weighted by atomic mass is 9.59. The van der Waals surface area contributed by atoms with Gasteiger partial charge in [0.05, 0.1) is 18.9 Å². The van der Waals surface area contributed by atoms with Gasteiger partial charge in [-0.1, -0.05) is 17.7 Å². The zero-order chi connectivity index (χ0) is 25.4. The smallest absolute Gasteiger partial charge is 0.234 e. The molecule has 0 aromatic heterocycles. The van der Waals surface area contributed by atoms with Crippen molar-refractivity contribution < 1.29 is 29.0 Å². The predicted molar refractivity (Wildman–Crippen MR) is 128 cm³/mol. The molecule has 5 rings (SSSR count). The second-order valence-corrected chi connectivity index (χ2v) is 10.8. The van der Waals surface area contributed by atoms with Crippen molar-refractivity contribution in [2.45, 2.75) is 52.0 Å². The summed E-state index contributed by atoms with van der Waals surface area (Å²) in [7, 11) is 1.50. The lowest BCUT2D eigenvalue weighted by Gasteiger charge is -2.42. The molecule has 1 aliphatic heterocycles. The number of aromatic hydroxyl groups is 1. The normalized spacial score (nSPS) is 28.4. The first-order valence-electron chi connectivity index (χ1n) is 11.9. The molecule has 1 fully saturated rings. The van der Waals surface area contributed by atoms with E-state index in [9.17, 15) is 24.3 Å². The molecule has 1 aromatic rings. The number of carbonyl (C=O) groups excluding carboxylic acids is 4. The van der Waals surface area contributed by atoms with Gasteiger partial charge >= 0.3 is 0 Å². The molecule has 3 aliphatic carbocycles. The molecular weight excluding hydrogens is 446 g/mol. The van der Waals surface area contributed by atoms with Gasteiger partial charge in [-0.05, 0) is 58.6 Å². The monoisotopic (exact) mass is 475 g/mol. The molecule has 0 unspecified atom stereocenters. The van der Waals surface area contributed by atoms with Gasteiger partial charge in [0.25, 0.3) is 0 Å². The van der Waals surface area contributed by atoms with Crippen molar-refractivity contribution in [3.8, 4) is 11.5 Å². The van der Waals surface area contributed by atoms with E-state index in [1.165, 1.54) is 24.2 Å². The van der Waals surface area contributed by atoms with Gasteiger partial charge in [0.1, 0.15) is 11.5 Å². The molecule has 1 aromatic carbocycles. The third-order valence-electron chi connectivity index (χ3n) is 7.78. The maximum atomic E-state index is 13.6. The van der Waals surface area contributed by atoms with Crippen molar-refractivity contribution in [2.24, 2.45) is 17.8 Å². The second kappa shape index (κ2) is 7.77. The zero-order valence-corrected chi connectivity index (χ0v) is 20.5. The number of ketones is 2. The number of nitrogens with zero attached hydrogens (tertiary/aromatic N) is 1. The first-order valence-corrected chi connectivity index (χ1v) is 11.9. The lowest BCUT2D eigenvalue weighted by Crippen LogP contribution is -2.46. The number of phenols is 1. The fourth-order valence-corrected chi connectivity index (χ4v) is 6.27. The Bertz CT molecular complexity index is 1290. The first-order chi connectivity index (χ1) is 16.5. The summed E-state index contributed by atoms with van der Waals surface area (Å²) < 4.78 is 5.23. The van der Waals surface area contributed by atoms with Crippen LogP contribution in [0.2, 0.25) is 0 Å². The Labute approximate surface area is 204 Å². The molecule has 1 heterocycles. The van der Waals surface area contributed by atoms with Crippen LogP contribution in [0.3, 0.4) is 0 Å². The number of likely N-dealkylation sites (tertiary alicyclic amines) is 1. The lowest BCUT2D eigenvalue weighted by molar-refractivity contribution is -0.145. The molecule has 4 aliphatic rings. The topological polar surface area (TPSA) is 101 Å². The van der Waals surface area contributed by atoms with Crippen LogP contribution < -0.4 is 4.74 Å². The molecule has 1 saturated heterocycles. The number of rotatable bonds is 2. The number of fused-ring (bicyclic) bond motifs is 3. The average Bonchev–Trinajstić information content (AvgIpc) is 3.06. The fraction of sp³-hybridized carbons (Fsp3) is 0.429. The molecule has 0 bridgehead atoms. The van der Waals surface area contributed by atoms with Crippen molar-refractivity contribution in [3.05, 3.63) is 58.2 Å². The average molecular weight is 476 g/mol. The van der Waals surface area contributed by atoms with Crippen LogP contribution in [0.5, 0.6) is 11.5 Å². The van der Waals surface area contributed by atoms with Crippen molar-refractivity contribution in [2.75, 3.05) is 7.11 Å². The zero-order valence-electron chi connectivity index (χ0n) is 20.5. The van der Waals surface area contributed by atoms with E-state index in [-0.39, 0.29) is 35.6 Å². The minimum atomic E-state index is -0.678. The molecule has 7 nitrogen and oxygen atoms in total. The summed E-state index contributed by atoms with van der Waals surface area (Å²) in [6.07, 6.45) is 3.90. The summed E-state index contributed by atoms with van der Waals surface area (Å²) in [4.78, 5) is 54.8. The highest BCUT2D eigenvalue weighted by atomic mass is 16.5. The van der Waals surface area contributed by atoms with Crippen molar-refractivity contribution in [3.63, 3.8) is 0 Å². The van der Waals surface area contributed by atoms with E-state index in [1.54, 1.807) is 19.1 Å². The number of benzene rings is 1. The maximum Gasteiger partial charge on any atom is 0.234 e. The number of carbonyl (C=O) groups is 4. The van der Waals surface area contributed by atoms with E-state index in [0.29, 0.717) is 34.5 Å². The fourth-order valence-electron chi connectivity index (χ4n) is 6.27. The van der Waals surface area contributed by atoms with Crippen LogP contribution in [0.4, 0.5) is 0 Å². The highest BCUT2D eigenvalue weighted by molar-refractivity contribution is 6.24. The quantitative estimate of drug-likeness (QED) is 0.398. The minimum absolute atomic E-state index is 0.0533. The van der Waals surface area contributed by atoms with Crippen LogP contribution in [-0.4, -0.2) is 46.0 Å². The number of methoxy groups -OCH3 is 1. The third kappa shape index (κ3) is 3.32. The number of hydrogen-bond acceptors (Lipinski definition) is 6. The Balaban J connectivity index is 1.70. The van der Waals surface area contributed by atoms with Crippen molar-refractivity contribution in [1.82, 2.24) is 4.90 Å². The van der Waals surface area contributed by atoms with Crippen LogP contribution in [0.1, 0.15) is 52.0 Å². The van der Waals surface area contributed by atoms with Gasteiger partial charge in [-0.25, -0.2) is 0 Å². The Morgan fingerprint density at radius 1 is 1.06 bits per heavy atom. The number of Topliss-reactive ketones (excluding diaryl/α,β-unsaturated/α-hetero) is 1. The van der Waals surface area contributed by atoms with Crippen LogP contribution in [-0.2, 0) is 19.2 Å². The van der Waals surface area contributed by atoms with E-state index in [1.807, 2.05) is 26.8 Å². The largest absolute Gasteiger partial charge is 0.507 e. The van der Waals surface area contributed by atoms with Gasteiger partial charge in [0.15, 0.2) is 11.6 Å². The molecule has 0 saturated carbocycles. The highest BCUT2D eigenvalue weighted by Crippen LogP contribution is 2.56. The van der Waals surface area contributed by atoms with Gasteiger partial charge in [-0.3, -0.25) is 24.1 Å². The van der Waals surface area contributed by atoms with Crippen LogP contribution >= 0.6 is 0 Å². The summed E-state index contributed by atoms with van der Waals surface area (Å²) >= 11 is 0. The molecule has 182 valence electrons. The third-order valence-corrected chi connectivity index (χ3v) is 7.78. The SMILES string of the molecule is COc1ccc([C@H]2C3=CC[C@@H]4C(=O)N(C(C)(C)C)C(=O)[C@@H]4[C@@H]3CC3=C2C(=O)C(C)=CC3=O)c(O)c1. The maximum absolute atomic E-state index is 13.6. The van der Waals surface area contributed by atoms with Crippen molar-refractivity contribution >= 4 is 23.4 Å². The summed E-state index contributed by atoms with van der Waals surface area (Å²) in [5.41, 5.74) is 1.73. The molecule has 1 N–H and O–H groups in total. The van der Waals surface area contributed by atoms with E-state index in [4.69, 9.17) is 4.74 Å². The van der Waals surface area contributed by atoms with E-state index in [0.717, 1.165) is 5.57 Å². The molecule has 0 spiro atoms. The van der Waals surface area contributed by atoms with E-state index < -0.39 is 29.2 Å². The number of ether oxygens (including phenoxy) is 1. The second-order valence-electron chi connectivity index (χ2n) is 10.8. The van der Waals surface area contributed by atoms with E-state index >= 15 is 0 Å². The molecule has 2 amide bonds. The molecule has 7 heteroatoms. The van der Waals surface area contributed by atoms with E-state index in [2.05, 4.69) is 0 Å². The number of allylic oxidation sites excluding steroid dienone is 6. The Hall–Kier alpha value is -3.48.